The molecule has 0 saturated heterocycles. The zero-order chi connectivity index (χ0) is 21.4. The van der Waals surface area contributed by atoms with Gasteiger partial charge in [-0.1, -0.05) is 42.8 Å². The van der Waals surface area contributed by atoms with Gasteiger partial charge in [-0.25, -0.2) is 4.39 Å². The fourth-order valence-corrected chi connectivity index (χ4v) is 4.31. The average molecular weight is 416 g/mol. The monoisotopic (exact) mass is 416 g/mol. The molecule has 3 nitrogen and oxygen atoms in total. The lowest BCUT2D eigenvalue weighted by atomic mass is 9.73. The molecule has 5 rings (SSSR count). The van der Waals surface area contributed by atoms with Crippen LogP contribution in [0.3, 0.4) is 0 Å². The molecule has 156 valence electrons. The third-order valence-corrected chi connectivity index (χ3v) is 6.11. The van der Waals surface area contributed by atoms with Crippen molar-refractivity contribution in [2.75, 3.05) is 7.11 Å². The van der Waals surface area contributed by atoms with Gasteiger partial charge in [-0.3, -0.25) is 5.10 Å². The van der Waals surface area contributed by atoms with Crippen molar-refractivity contribution in [1.29, 1.82) is 0 Å². The average Bonchev–Trinajstić information content (AvgIpc) is 3.13. The maximum atomic E-state index is 15.3. The number of allylic oxidation sites excluding steroid dienone is 1. The molecule has 0 amide bonds. The molecule has 1 N–H and O–H groups in total. The molecular formula is C26H22F2N2O. The number of rotatable bonds is 5. The van der Waals surface area contributed by atoms with Crippen molar-refractivity contribution < 1.29 is 13.5 Å². The summed E-state index contributed by atoms with van der Waals surface area (Å²) in [5, 5.41) is 6.83. The van der Waals surface area contributed by atoms with Crippen LogP contribution in [0, 0.1) is 17.7 Å². The molecule has 0 bridgehead atoms. The molecule has 1 fully saturated rings. The summed E-state index contributed by atoms with van der Waals surface area (Å²) in [6.45, 7) is 0. The molecule has 1 aromatic heterocycles. The lowest BCUT2D eigenvalue weighted by Crippen LogP contribution is -2.16. The van der Waals surface area contributed by atoms with Crippen molar-refractivity contribution in [1.82, 2.24) is 10.2 Å². The summed E-state index contributed by atoms with van der Waals surface area (Å²) in [6, 6.07) is 20.5. The molecule has 1 saturated carbocycles. The zero-order valence-electron chi connectivity index (χ0n) is 17.2. The topological polar surface area (TPSA) is 37.9 Å². The highest BCUT2D eigenvalue weighted by Crippen LogP contribution is 2.46. The zero-order valence-corrected chi connectivity index (χ0v) is 17.2. The molecule has 0 atom stereocenters. The summed E-state index contributed by atoms with van der Waals surface area (Å²) in [7, 11) is 1.53. The summed E-state index contributed by atoms with van der Waals surface area (Å²) >= 11 is 0. The van der Waals surface area contributed by atoms with E-state index in [2.05, 4.69) is 10.2 Å². The van der Waals surface area contributed by atoms with E-state index in [0.717, 1.165) is 41.5 Å². The van der Waals surface area contributed by atoms with E-state index >= 15 is 4.39 Å². The summed E-state index contributed by atoms with van der Waals surface area (Å²) in [4.78, 5) is 0. The summed E-state index contributed by atoms with van der Waals surface area (Å²) in [5.41, 5.74) is 4.84. The van der Waals surface area contributed by atoms with Crippen molar-refractivity contribution in [2.45, 2.75) is 19.3 Å². The Bertz CT molecular complexity index is 1270. The summed E-state index contributed by atoms with van der Waals surface area (Å²) < 4.78 is 34.8. The Morgan fingerprint density at radius 1 is 0.968 bits per heavy atom. The molecule has 3 aromatic carbocycles. The van der Waals surface area contributed by atoms with Crippen LogP contribution in [0.1, 0.15) is 36.0 Å². The smallest absolute Gasteiger partial charge is 0.216 e. The van der Waals surface area contributed by atoms with Crippen LogP contribution in [0.2, 0.25) is 0 Å². The predicted molar refractivity (Wildman–Crippen MR) is 119 cm³/mol. The van der Waals surface area contributed by atoms with Gasteiger partial charge in [0.2, 0.25) is 5.95 Å². The first-order valence-electron chi connectivity index (χ1n) is 10.4. The number of fused-ring (bicyclic) bond motifs is 1. The van der Waals surface area contributed by atoms with E-state index in [1.807, 2.05) is 36.4 Å². The third-order valence-electron chi connectivity index (χ3n) is 6.11. The highest BCUT2D eigenvalue weighted by Gasteiger charge is 2.29. The van der Waals surface area contributed by atoms with Gasteiger partial charge in [-0.2, -0.15) is 9.49 Å². The van der Waals surface area contributed by atoms with Crippen LogP contribution < -0.4 is 4.74 Å². The van der Waals surface area contributed by atoms with Gasteiger partial charge in [-0.15, -0.1) is 0 Å². The molecule has 1 aliphatic carbocycles. The van der Waals surface area contributed by atoms with Crippen LogP contribution in [0.5, 0.6) is 5.75 Å². The Morgan fingerprint density at radius 3 is 2.45 bits per heavy atom. The number of hydrogen-bond donors (Lipinski definition) is 1. The maximum absolute atomic E-state index is 15.3. The van der Waals surface area contributed by atoms with Crippen LogP contribution in [0.15, 0.2) is 66.7 Å². The fourth-order valence-electron chi connectivity index (χ4n) is 4.31. The lowest BCUT2D eigenvalue weighted by molar-refractivity contribution is 0.398. The second kappa shape index (κ2) is 7.99. The molecule has 0 unspecified atom stereocenters. The van der Waals surface area contributed by atoms with Crippen LogP contribution in [0.25, 0.3) is 22.0 Å². The molecule has 0 spiro atoms. The van der Waals surface area contributed by atoms with Gasteiger partial charge in [0.15, 0.2) is 0 Å². The van der Waals surface area contributed by atoms with Crippen LogP contribution in [0.4, 0.5) is 8.78 Å². The van der Waals surface area contributed by atoms with Gasteiger partial charge < -0.3 is 4.74 Å². The standard InChI is InChI=1S/C26H22F2N2O/c1-31-19-11-12-20(22(27)15-19)25(17-8-5-9-17)24(16-6-3-2-4-7-16)18-10-13-23-21(14-18)26(28)30-29-23/h2-4,6-7,10-15,17H,5,8-9H2,1H3,(H,29,30)/b25-24+. The molecule has 0 aliphatic heterocycles. The molecule has 1 heterocycles. The number of nitrogens with zero attached hydrogens (tertiary/aromatic N) is 1. The number of aromatic amines is 1. The molecule has 1 aliphatic rings. The molecule has 31 heavy (non-hydrogen) atoms. The van der Waals surface area contributed by atoms with Crippen molar-refractivity contribution in [3.63, 3.8) is 0 Å². The van der Waals surface area contributed by atoms with Crippen molar-refractivity contribution in [2.24, 2.45) is 5.92 Å². The number of benzene rings is 3. The van der Waals surface area contributed by atoms with E-state index in [1.54, 1.807) is 24.3 Å². The van der Waals surface area contributed by atoms with E-state index in [1.165, 1.54) is 13.2 Å². The Kier molecular flexibility index (Phi) is 5.02. The minimum atomic E-state index is -0.468. The Hall–Kier alpha value is -3.47. The number of H-pyrrole nitrogens is 1. The SMILES string of the molecule is COc1ccc(/C(=C(\c2ccccc2)c2ccc3n[nH]c(F)c3c2)C2CCC2)c(F)c1. The highest BCUT2D eigenvalue weighted by atomic mass is 19.1. The summed E-state index contributed by atoms with van der Waals surface area (Å²) in [5.74, 6) is -0.0595. The van der Waals surface area contributed by atoms with Gasteiger partial charge in [-0.05, 0) is 65.3 Å². The minimum absolute atomic E-state index is 0.239. The lowest BCUT2D eigenvalue weighted by Gasteiger charge is -2.32. The van der Waals surface area contributed by atoms with Gasteiger partial charge >= 0.3 is 0 Å². The Balaban J connectivity index is 1.82. The minimum Gasteiger partial charge on any atom is -0.497 e. The van der Waals surface area contributed by atoms with Crippen molar-refractivity contribution in [3.8, 4) is 5.75 Å². The van der Waals surface area contributed by atoms with E-state index in [4.69, 9.17) is 4.74 Å². The summed E-state index contributed by atoms with van der Waals surface area (Å²) in [6.07, 6.45) is 3.11. The predicted octanol–water partition coefficient (Wildman–Crippen LogP) is 6.61. The Morgan fingerprint density at radius 2 is 1.77 bits per heavy atom. The highest BCUT2D eigenvalue weighted by molar-refractivity contribution is 6.01. The first-order valence-corrected chi connectivity index (χ1v) is 10.4. The fraction of sp³-hybridized carbons (Fsp3) is 0.192. The van der Waals surface area contributed by atoms with Crippen LogP contribution >= 0.6 is 0 Å². The third kappa shape index (κ3) is 3.50. The van der Waals surface area contributed by atoms with Gasteiger partial charge in [0, 0.05) is 11.6 Å². The normalized spacial score (nSPS) is 14.9. The van der Waals surface area contributed by atoms with Crippen LogP contribution in [-0.2, 0) is 0 Å². The molecule has 0 radical (unpaired) electrons. The van der Waals surface area contributed by atoms with Gasteiger partial charge in [0.1, 0.15) is 11.6 Å². The van der Waals surface area contributed by atoms with Gasteiger partial charge in [0.25, 0.3) is 0 Å². The number of ether oxygens (including phenoxy) is 1. The van der Waals surface area contributed by atoms with Gasteiger partial charge in [0.05, 0.1) is 18.0 Å². The second-order valence-corrected chi connectivity index (χ2v) is 7.90. The number of aromatic nitrogens is 2. The number of methoxy groups -OCH3 is 1. The van der Waals surface area contributed by atoms with E-state index < -0.39 is 5.95 Å². The van der Waals surface area contributed by atoms with Crippen molar-refractivity contribution in [3.05, 3.63) is 95.2 Å². The quantitative estimate of drug-likeness (QED) is 0.372. The number of nitrogens with one attached hydrogen (secondary N) is 1. The van der Waals surface area contributed by atoms with E-state index in [0.29, 0.717) is 22.2 Å². The van der Waals surface area contributed by atoms with Crippen LogP contribution in [-0.4, -0.2) is 17.3 Å². The second-order valence-electron chi connectivity index (χ2n) is 7.90. The Labute approximate surface area is 179 Å². The van der Waals surface area contributed by atoms with E-state index in [9.17, 15) is 4.39 Å². The maximum Gasteiger partial charge on any atom is 0.216 e. The molecule has 4 aromatic rings. The largest absolute Gasteiger partial charge is 0.497 e. The number of hydrogen-bond acceptors (Lipinski definition) is 2. The van der Waals surface area contributed by atoms with E-state index in [-0.39, 0.29) is 11.7 Å². The molecule has 5 heteroatoms. The first-order chi connectivity index (χ1) is 15.2. The first kappa shape index (κ1) is 19.5. The molecular weight excluding hydrogens is 394 g/mol. The van der Waals surface area contributed by atoms with Crippen molar-refractivity contribution >= 4 is 22.0 Å². The number of halogens is 2.